The number of anilines is 1. The van der Waals surface area contributed by atoms with Gasteiger partial charge in [0.05, 0.1) is 11.8 Å². The van der Waals surface area contributed by atoms with Gasteiger partial charge < -0.3 is 9.63 Å². The number of amides is 1. The van der Waals surface area contributed by atoms with E-state index in [1.807, 2.05) is 6.92 Å². The monoisotopic (exact) mass is 253 g/mol. The van der Waals surface area contributed by atoms with E-state index in [9.17, 15) is 9.59 Å². The van der Waals surface area contributed by atoms with Crippen LogP contribution in [0.4, 0.5) is 6.01 Å². The Morgan fingerprint density at radius 1 is 1.39 bits per heavy atom. The Balaban J connectivity index is 2.06. The summed E-state index contributed by atoms with van der Waals surface area (Å²) in [6.45, 7) is 3.58. The number of carbonyl (C=O) groups excluding carboxylic acids is 1. The van der Waals surface area contributed by atoms with Crippen molar-refractivity contribution in [3.8, 4) is 0 Å². The molecule has 98 valence electrons. The summed E-state index contributed by atoms with van der Waals surface area (Å²) < 4.78 is 4.78. The second-order valence-corrected chi connectivity index (χ2v) is 4.76. The van der Waals surface area contributed by atoms with Gasteiger partial charge in [-0.2, -0.15) is 4.98 Å². The first-order chi connectivity index (χ1) is 8.47. The first kappa shape index (κ1) is 12.5. The third-order valence-electron chi connectivity index (χ3n) is 3.21. The van der Waals surface area contributed by atoms with Gasteiger partial charge in [-0.25, -0.2) is 0 Å². The molecule has 0 radical (unpaired) electrons. The molecule has 18 heavy (non-hydrogen) atoms. The summed E-state index contributed by atoms with van der Waals surface area (Å²) in [6, 6.07) is 0.0150. The van der Waals surface area contributed by atoms with Gasteiger partial charge in [0, 0.05) is 0 Å². The predicted molar refractivity (Wildman–Crippen MR) is 60.7 cm³/mol. The highest BCUT2D eigenvalue weighted by Gasteiger charge is 2.41. The van der Waals surface area contributed by atoms with Crippen LogP contribution < -0.4 is 5.32 Å². The van der Waals surface area contributed by atoms with Crippen molar-refractivity contribution in [2.75, 3.05) is 5.32 Å². The van der Waals surface area contributed by atoms with Crippen molar-refractivity contribution in [2.45, 2.75) is 26.7 Å². The molecular weight excluding hydrogens is 238 g/mol. The molecule has 1 aromatic rings. The standard InChI is InChI=1S/C11H15N3O4/c1-5-3-7(8(4-5)10(16)17)9(15)13-11-12-6(2)14-18-11/h5,7-8H,3-4H2,1-2H3,(H,16,17)(H,12,13,14,15). The van der Waals surface area contributed by atoms with Gasteiger partial charge in [0.25, 0.3) is 0 Å². The van der Waals surface area contributed by atoms with Gasteiger partial charge in [-0.05, 0) is 25.7 Å². The van der Waals surface area contributed by atoms with Crippen molar-refractivity contribution >= 4 is 17.9 Å². The van der Waals surface area contributed by atoms with Gasteiger partial charge in [0.15, 0.2) is 5.82 Å². The molecule has 1 fully saturated rings. The maximum atomic E-state index is 12.0. The highest BCUT2D eigenvalue weighted by atomic mass is 16.5. The number of rotatable bonds is 3. The van der Waals surface area contributed by atoms with Gasteiger partial charge >= 0.3 is 12.0 Å². The summed E-state index contributed by atoms with van der Waals surface area (Å²) >= 11 is 0. The second kappa shape index (κ2) is 4.75. The van der Waals surface area contributed by atoms with Crippen molar-refractivity contribution in [3.63, 3.8) is 0 Å². The zero-order valence-electron chi connectivity index (χ0n) is 10.2. The van der Waals surface area contributed by atoms with Gasteiger partial charge in [-0.3, -0.25) is 14.9 Å². The molecule has 0 aromatic carbocycles. The van der Waals surface area contributed by atoms with Crippen LogP contribution in [-0.4, -0.2) is 27.1 Å². The molecule has 0 bridgehead atoms. The third kappa shape index (κ3) is 2.49. The van der Waals surface area contributed by atoms with Crippen molar-refractivity contribution in [2.24, 2.45) is 17.8 Å². The van der Waals surface area contributed by atoms with E-state index in [1.54, 1.807) is 6.92 Å². The highest BCUT2D eigenvalue weighted by molar-refractivity contribution is 5.93. The number of carboxylic acids is 1. The number of nitrogens with one attached hydrogen (secondary N) is 1. The average Bonchev–Trinajstić information content (AvgIpc) is 2.85. The Kier molecular flexibility index (Phi) is 3.31. The van der Waals surface area contributed by atoms with E-state index in [1.165, 1.54) is 0 Å². The van der Waals surface area contributed by atoms with E-state index in [2.05, 4.69) is 15.5 Å². The smallest absolute Gasteiger partial charge is 0.328 e. The van der Waals surface area contributed by atoms with E-state index >= 15 is 0 Å². The second-order valence-electron chi connectivity index (χ2n) is 4.76. The molecule has 2 N–H and O–H groups in total. The van der Waals surface area contributed by atoms with Crippen molar-refractivity contribution < 1.29 is 19.2 Å². The normalized spacial score (nSPS) is 27.1. The topological polar surface area (TPSA) is 105 Å². The van der Waals surface area contributed by atoms with Crippen LogP contribution in [0.3, 0.4) is 0 Å². The van der Waals surface area contributed by atoms with Crippen LogP contribution in [-0.2, 0) is 9.59 Å². The lowest BCUT2D eigenvalue weighted by Crippen LogP contribution is -2.30. The molecule has 3 unspecified atom stereocenters. The van der Waals surface area contributed by atoms with E-state index in [-0.39, 0.29) is 17.8 Å². The van der Waals surface area contributed by atoms with Crippen LogP contribution in [0, 0.1) is 24.7 Å². The number of nitrogens with zero attached hydrogens (tertiary/aromatic N) is 2. The fourth-order valence-electron chi connectivity index (χ4n) is 2.40. The maximum Gasteiger partial charge on any atom is 0.328 e. The summed E-state index contributed by atoms with van der Waals surface area (Å²) in [4.78, 5) is 26.9. The molecule has 1 heterocycles. The summed E-state index contributed by atoms with van der Waals surface area (Å²) in [6.07, 6.45) is 1.09. The zero-order chi connectivity index (χ0) is 13.3. The Morgan fingerprint density at radius 3 is 2.61 bits per heavy atom. The largest absolute Gasteiger partial charge is 0.481 e. The molecule has 0 saturated heterocycles. The van der Waals surface area contributed by atoms with E-state index in [0.717, 1.165) is 0 Å². The molecule has 7 nitrogen and oxygen atoms in total. The molecule has 0 aliphatic heterocycles. The highest BCUT2D eigenvalue weighted by Crippen LogP contribution is 2.36. The molecule has 7 heteroatoms. The maximum absolute atomic E-state index is 12.0. The number of hydrogen-bond donors (Lipinski definition) is 2. The van der Waals surface area contributed by atoms with Gasteiger partial charge in [-0.1, -0.05) is 12.1 Å². The molecule has 1 aliphatic carbocycles. The van der Waals surface area contributed by atoms with Crippen molar-refractivity contribution in [1.82, 2.24) is 10.1 Å². The lowest BCUT2D eigenvalue weighted by atomic mass is 9.95. The first-order valence-electron chi connectivity index (χ1n) is 5.81. The number of aryl methyl sites for hydroxylation is 1. The average molecular weight is 253 g/mol. The minimum Gasteiger partial charge on any atom is -0.481 e. The summed E-state index contributed by atoms with van der Waals surface area (Å²) in [5.41, 5.74) is 0. The first-order valence-corrected chi connectivity index (χ1v) is 5.81. The molecule has 1 saturated carbocycles. The van der Waals surface area contributed by atoms with Crippen LogP contribution in [0.5, 0.6) is 0 Å². The quantitative estimate of drug-likeness (QED) is 0.834. The molecular formula is C11H15N3O4. The fourth-order valence-corrected chi connectivity index (χ4v) is 2.40. The van der Waals surface area contributed by atoms with Gasteiger partial charge in [0.1, 0.15) is 0 Å². The lowest BCUT2D eigenvalue weighted by molar-refractivity contribution is -0.145. The van der Waals surface area contributed by atoms with Crippen LogP contribution >= 0.6 is 0 Å². The number of aromatic nitrogens is 2. The fraction of sp³-hybridized carbons (Fsp3) is 0.636. The van der Waals surface area contributed by atoms with E-state index < -0.39 is 17.8 Å². The number of carboxylic acid groups (broad SMARTS) is 1. The molecule has 1 amide bonds. The van der Waals surface area contributed by atoms with Crippen LogP contribution in [0.15, 0.2) is 4.52 Å². The molecule has 2 rings (SSSR count). The molecule has 3 atom stereocenters. The lowest BCUT2D eigenvalue weighted by Gasteiger charge is -2.13. The van der Waals surface area contributed by atoms with Crippen LogP contribution in [0.1, 0.15) is 25.6 Å². The minimum absolute atomic E-state index is 0.0150. The van der Waals surface area contributed by atoms with Crippen LogP contribution in [0.2, 0.25) is 0 Å². The molecule has 1 aromatic heterocycles. The SMILES string of the molecule is Cc1noc(NC(=O)C2CC(C)CC2C(=O)O)n1. The third-order valence-corrected chi connectivity index (χ3v) is 3.21. The van der Waals surface area contributed by atoms with Gasteiger partial charge in [-0.15, -0.1) is 0 Å². The minimum atomic E-state index is -0.929. The van der Waals surface area contributed by atoms with Crippen LogP contribution in [0.25, 0.3) is 0 Å². The predicted octanol–water partition coefficient (Wildman–Crippen LogP) is 1.06. The van der Waals surface area contributed by atoms with E-state index in [0.29, 0.717) is 18.7 Å². The Labute approximate surface area is 104 Å². The zero-order valence-corrected chi connectivity index (χ0v) is 10.2. The van der Waals surface area contributed by atoms with E-state index in [4.69, 9.17) is 9.63 Å². The Hall–Kier alpha value is -1.92. The number of carbonyl (C=O) groups is 2. The Bertz CT molecular complexity index is 471. The van der Waals surface area contributed by atoms with Gasteiger partial charge in [0.2, 0.25) is 5.91 Å². The summed E-state index contributed by atoms with van der Waals surface area (Å²) in [5, 5.41) is 15.1. The summed E-state index contributed by atoms with van der Waals surface area (Å²) in [7, 11) is 0. The van der Waals surface area contributed by atoms with Crippen molar-refractivity contribution in [1.29, 1.82) is 0 Å². The number of aliphatic carboxylic acids is 1. The molecule has 1 aliphatic rings. The molecule has 0 spiro atoms. The number of hydrogen-bond acceptors (Lipinski definition) is 5. The van der Waals surface area contributed by atoms with Crippen molar-refractivity contribution in [3.05, 3.63) is 5.82 Å². The Morgan fingerprint density at radius 2 is 2.06 bits per heavy atom. The summed E-state index contributed by atoms with van der Waals surface area (Å²) in [5.74, 6) is -1.82.